The fourth-order valence-corrected chi connectivity index (χ4v) is 4.31. The van der Waals surface area contributed by atoms with Gasteiger partial charge in [-0.2, -0.15) is 0 Å². The van der Waals surface area contributed by atoms with Gasteiger partial charge in [0, 0.05) is 17.0 Å². The summed E-state index contributed by atoms with van der Waals surface area (Å²) in [5.74, 6) is 1.28. The van der Waals surface area contributed by atoms with Crippen LogP contribution in [0.2, 0.25) is 0 Å². The molecule has 0 aliphatic carbocycles. The fourth-order valence-electron chi connectivity index (χ4n) is 3.55. The molecule has 0 N–H and O–H groups in total. The van der Waals surface area contributed by atoms with Crippen LogP contribution in [-0.4, -0.2) is 12.0 Å². The molecule has 4 aromatic carbocycles. The maximum absolute atomic E-state index is 12.8. The summed E-state index contributed by atoms with van der Waals surface area (Å²) >= 11 is 0. The molecule has 1 unspecified atom stereocenters. The van der Waals surface area contributed by atoms with Gasteiger partial charge in [0.15, 0.2) is 0 Å². The van der Waals surface area contributed by atoms with Crippen LogP contribution in [0.5, 0.6) is 17.2 Å². The maximum atomic E-state index is 12.8. The first-order chi connectivity index (χ1) is 15.5. The third kappa shape index (κ3) is 4.29. The summed E-state index contributed by atoms with van der Waals surface area (Å²) in [6.45, 7) is 1.79. The molecule has 0 bridgehead atoms. The Balaban J connectivity index is 1.80. The molecule has 4 rings (SSSR count). The smallest absolute Gasteiger partial charge is 0.419 e. The van der Waals surface area contributed by atoms with E-state index in [2.05, 4.69) is 0 Å². The van der Waals surface area contributed by atoms with E-state index >= 15 is 0 Å². The Kier molecular flexibility index (Phi) is 6.10. The van der Waals surface area contributed by atoms with E-state index in [0.717, 1.165) is 5.39 Å². The highest BCUT2D eigenvalue weighted by Gasteiger charge is 2.23. The molecule has 0 aliphatic heterocycles. The lowest BCUT2D eigenvalue weighted by molar-refractivity contribution is -0.384. The molecule has 32 heavy (non-hydrogen) atoms. The normalized spacial score (nSPS) is 11.7. The molecule has 0 aliphatic rings. The van der Waals surface area contributed by atoms with Gasteiger partial charge in [-0.05, 0) is 48.2 Å². The lowest BCUT2D eigenvalue weighted by Gasteiger charge is -2.16. The number of benzene rings is 4. The van der Waals surface area contributed by atoms with Crippen LogP contribution in [0.3, 0.4) is 0 Å². The molecule has 0 fully saturated rings. The molecule has 0 radical (unpaired) electrons. The van der Waals surface area contributed by atoms with Crippen LogP contribution in [0.25, 0.3) is 21.9 Å². The molecular weight excluding hydrogens is 429 g/mol. The summed E-state index contributed by atoms with van der Waals surface area (Å²) in [4.78, 5) is 11.3. The number of methoxy groups -OCH3 is 1. The number of nitrogens with zero attached hydrogens (tertiary/aromatic N) is 1. The van der Waals surface area contributed by atoms with Crippen molar-refractivity contribution in [2.24, 2.45) is 0 Å². The van der Waals surface area contributed by atoms with E-state index in [1.54, 1.807) is 56.5 Å². The molecule has 1 atom stereocenters. The lowest BCUT2D eigenvalue weighted by Crippen LogP contribution is -1.97. The minimum atomic E-state index is -3.04. The summed E-state index contributed by atoms with van der Waals surface area (Å²) in [6, 6.07) is 22.5. The van der Waals surface area contributed by atoms with Gasteiger partial charge >= 0.3 is 8.25 Å². The van der Waals surface area contributed by atoms with E-state index in [0.29, 0.717) is 33.6 Å². The highest BCUT2D eigenvalue weighted by molar-refractivity contribution is 7.34. The van der Waals surface area contributed by atoms with Crippen LogP contribution >= 0.6 is 8.25 Å². The van der Waals surface area contributed by atoms with E-state index in [-0.39, 0.29) is 11.4 Å². The van der Waals surface area contributed by atoms with Gasteiger partial charge in [0.25, 0.3) is 5.69 Å². The zero-order valence-electron chi connectivity index (χ0n) is 17.4. The van der Waals surface area contributed by atoms with Crippen molar-refractivity contribution in [1.82, 2.24) is 0 Å². The number of aryl methyl sites for hydroxylation is 1. The van der Waals surface area contributed by atoms with Gasteiger partial charge in [-0.1, -0.05) is 42.5 Å². The monoisotopic (exact) mass is 449 g/mol. The topological polar surface area (TPSA) is 87.9 Å². The van der Waals surface area contributed by atoms with Crippen molar-refractivity contribution < 1.29 is 23.3 Å². The quantitative estimate of drug-likeness (QED) is 0.180. The van der Waals surface area contributed by atoms with Crippen molar-refractivity contribution in [2.45, 2.75) is 6.92 Å². The van der Waals surface area contributed by atoms with E-state index in [1.807, 2.05) is 30.3 Å². The number of ether oxygens (including phenoxy) is 1. The highest BCUT2D eigenvalue weighted by Crippen LogP contribution is 2.45. The molecule has 0 amide bonds. The molecule has 162 valence electrons. The largest absolute Gasteiger partial charge is 0.497 e. The Morgan fingerprint density at radius 1 is 0.844 bits per heavy atom. The Labute approximate surface area is 185 Å². The first-order valence-electron chi connectivity index (χ1n) is 9.78. The van der Waals surface area contributed by atoms with Crippen molar-refractivity contribution in [3.05, 3.63) is 94.5 Å². The van der Waals surface area contributed by atoms with Crippen molar-refractivity contribution in [1.29, 1.82) is 0 Å². The summed E-state index contributed by atoms with van der Waals surface area (Å²) < 4.78 is 29.3. The molecule has 7 nitrogen and oxygen atoms in total. The highest BCUT2D eigenvalue weighted by atomic mass is 31.1. The number of nitro groups is 1. The number of fused-ring (bicyclic) bond motifs is 1. The number of nitro benzene ring substituents is 1. The summed E-state index contributed by atoms with van der Waals surface area (Å²) in [6.07, 6.45) is 0. The Morgan fingerprint density at radius 2 is 1.56 bits per heavy atom. The first kappa shape index (κ1) is 21.4. The van der Waals surface area contributed by atoms with E-state index in [9.17, 15) is 14.7 Å². The van der Waals surface area contributed by atoms with Gasteiger partial charge < -0.3 is 13.8 Å². The van der Waals surface area contributed by atoms with Crippen LogP contribution < -0.4 is 13.8 Å². The summed E-state index contributed by atoms with van der Waals surface area (Å²) in [7, 11) is -1.49. The van der Waals surface area contributed by atoms with E-state index < -0.39 is 13.2 Å². The van der Waals surface area contributed by atoms with Gasteiger partial charge in [0.1, 0.15) is 17.2 Å². The van der Waals surface area contributed by atoms with Crippen molar-refractivity contribution in [3.63, 3.8) is 0 Å². The molecule has 0 saturated carbocycles. The summed E-state index contributed by atoms with van der Waals surface area (Å²) in [5.41, 5.74) is 1.54. The molecule has 0 spiro atoms. The van der Waals surface area contributed by atoms with Gasteiger partial charge in [-0.25, -0.2) is 4.57 Å². The van der Waals surface area contributed by atoms with Gasteiger partial charge in [0.2, 0.25) is 0 Å². The zero-order chi connectivity index (χ0) is 22.7. The Bertz CT molecular complexity index is 1320. The average Bonchev–Trinajstić information content (AvgIpc) is 2.80. The van der Waals surface area contributed by atoms with Gasteiger partial charge in [-0.15, -0.1) is 0 Å². The van der Waals surface area contributed by atoms with Gasteiger partial charge in [-0.3, -0.25) is 10.1 Å². The van der Waals surface area contributed by atoms with Gasteiger partial charge in [0.05, 0.1) is 17.6 Å². The Morgan fingerprint density at radius 3 is 2.28 bits per heavy atom. The van der Waals surface area contributed by atoms with Crippen LogP contribution in [0.1, 0.15) is 5.56 Å². The Hall–Kier alpha value is -3.83. The molecule has 8 heteroatoms. The molecule has 4 aromatic rings. The van der Waals surface area contributed by atoms with Crippen LogP contribution in [0.4, 0.5) is 5.69 Å². The summed E-state index contributed by atoms with van der Waals surface area (Å²) in [5, 5.41) is 13.2. The SMILES string of the molecule is COc1ccc(O[PH](=O)Oc2c(-c3c(C)cccc3[N+](=O)[O-])ccc3ccccc23)cc1. The predicted octanol–water partition coefficient (Wildman–Crippen LogP) is 6.58. The zero-order valence-corrected chi connectivity index (χ0v) is 18.4. The second-order valence-corrected chi connectivity index (χ2v) is 7.93. The van der Waals surface area contributed by atoms with E-state index in [1.165, 1.54) is 6.07 Å². The van der Waals surface area contributed by atoms with E-state index in [4.69, 9.17) is 13.8 Å². The predicted molar refractivity (Wildman–Crippen MR) is 124 cm³/mol. The van der Waals surface area contributed by atoms with Crippen LogP contribution in [0, 0.1) is 17.0 Å². The number of rotatable bonds is 7. The van der Waals surface area contributed by atoms with Crippen molar-refractivity contribution >= 4 is 24.7 Å². The lowest BCUT2D eigenvalue weighted by atomic mass is 9.95. The van der Waals surface area contributed by atoms with Crippen molar-refractivity contribution in [3.8, 4) is 28.4 Å². The minimum Gasteiger partial charge on any atom is -0.497 e. The first-order valence-corrected chi connectivity index (χ1v) is 11.0. The molecule has 0 saturated heterocycles. The average molecular weight is 449 g/mol. The van der Waals surface area contributed by atoms with Crippen molar-refractivity contribution in [2.75, 3.05) is 7.11 Å². The third-order valence-corrected chi connectivity index (χ3v) is 5.82. The third-order valence-electron chi connectivity index (χ3n) is 5.04. The number of hydrogen-bond acceptors (Lipinski definition) is 6. The van der Waals surface area contributed by atoms with Crippen LogP contribution in [0.15, 0.2) is 78.9 Å². The molecular formula is C24H20NO6P. The standard InChI is InChI=1S/C24H20NO6P/c1-16-6-5-9-22(25(26)27)23(16)21-15-10-17-7-3-4-8-20(17)24(21)31-32(28)30-19-13-11-18(29-2)12-14-19/h3-15,32H,1-2H3. The second-order valence-electron chi connectivity index (χ2n) is 7.02. The second kappa shape index (κ2) is 9.12. The maximum Gasteiger partial charge on any atom is 0.419 e. The fraction of sp³-hybridized carbons (Fsp3) is 0.0833. The molecule has 0 heterocycles. The minimum absolute atomic E-state index is 0.0547. The molecule has 0 aromatic heterocycles. The number of hydrogen-bond donors (Lipinski definition) is 0. The van der Waals surface area contributed by atoms with Crippen LogP contribution in [-0.2, 0) is 4.57 Å².